The Morgan fingerprint density at radius 3 is 2.31 bits per heavy atom. The Bertz CT molecular complexity index is 316. The Balaban J connectivity index is 1.94. The summed E-state index contributed by atoms with van der Waals surface area (Å²) >= 11 is 0. The molecule has 1 N–H and O–H groups in total. The summed E-state index contributed by atoms with van der Waals surface area (Å²) in [6, 6.07) is 9.14. The van der Waals surface area contributed by atoms with Crippen molar-refractivity contribution >= 4 is 0 Å². The largest absolute Gasteiger partial charge is 0.392 e. The normalized spacial score (nSPS) is 15.7. The molecule has 2 rings (SSSR count). The molecular formula is C14H21NO. The van der Waals surface area contributed by atoms with Crippen LogP contribution in [0.25, 0.3) is 0 Å². The molecule has 0 heterocycles. The van der Waals surface area contributed by atoms with Crippen LogP contribution in [-0.2, 0) is 13.2 Å². The lowest BCUT2D eigenvalue weighted by molar-refractivity contribution is 0.255. The quantitative estimate of drug-likeness (QED) is 0.795. The van der Waals surface area contributed by atoms with Crippen LogP contribution < -0.4 is 0 Å². The van der Waals surface area contributed by atoms with Crippen molar-refractivity contribution in [3.63, 3.8) is 0 Å². The van der Waals surface area contributed by atoms with Crippen LogP contribution >= 0.6 is 0 Å². The van der Waals surface area contributed by atoms with Crippen molar-refractivity contribution in [2.24, 2.45) is 0 Å². The second-order valence-electron chi connectivity index (χ2n) is 4.68. The minimum atomic E-state index is 0.140. The summed E-state index contributed by atoms with van der Waals surface area (Å²) in [5.74, 6) is 0. The summed E-state index contributed by atoms with van der Waals surface area (Å²) < 4.78 is 0. The van der Waals surface area contributed by atoms with Crippen molar-refractivity contribution in [3.8, 4) is 0 Å². The smallest absolute Gasteiger partial charge is 0.0681 e. The Hall–Kier alpha value is -0.860. The second-order valence-corrected chi connectivity index (χ2v) is 4.68. The fourth-order valence-electron chi connectivity index (χ4n) is 2.10. The van der Waals surface area contributed by atoms with Crippen LogP contribution in [0.4, 0.5) is 0 Å². The van der Waals surface area contributed by atoms with E-state index in [4.69, 9.17) is 5.11 Å². The van der Waals surface area contributed by atoms with Gasteiger partial charge in [0, 0.05) is 12.6 Å². The molecule has 2 nitrogen and oxygen atoms in total. The lowest BCUT2D eigenvalue weighted by Crippen LogP contribution is -2.26. The molecule has 1 saturated carbocycles. The molecule has 16 heavy (non-hydrogen) atoms. The summed E-state index contributed by atoms with van der Waals surface area (Å²) in [7, 11) is 0. The molecule has 0 aromatic heterocycles. The maximum Gasteiger partial charge on any atom is 0.0681 e. The number of hydrogen-bond donors (Lipinski definition) is 1. The molecule has 88 valence electrons. The number of aliphatic hydroxyl groups is 1. The SMILES string of the molecule is CCCN(Cc1ccc(CO)cc1)C1CC1. The molecule has 0 aliphatic heterocycles. The molecule has 0 spiro atoms. The van der Waals surface area contributed by atoms with Gasteiger partial charge in [0.25, 0.3) is 0 Å². The van der Waals surface area contributed by atoms with E-state index in [1.54, 1.807) is 0 Å². The zero-order valence-corrected chi connectivity index (χ0v) is 10.0. The van der Waals surface area contributed by atoms with Crippen LogP contribution in [0.15, 0.2) is 24.3 Å². The Morgan fingerprint density at radius 2 is 1.81 bits per heavy atom. The van der Waals surface area contributed by atoms with Gasteiger partial charge in [-0.25, -0.2) is 0 Å². The van der Waals surface area contributed by atoms with Gasteiger partial charge >= 0.3 is 0 Å². The molecule has 1 aromatic rings. The number of benzene rings is 1. The van der Waals surface area contributed by atoms with E-state index in [2.05, 4.69) is 24.0 Å². The van der Waals surface area contributed by atoms with E-state index in [-0.39, 0.29) is 6.61 Å². The van der Waals surface area contributed by atoms with Gasteiger partial charge < -0.3 is 5.11 Å². The highest BCUT2D eigenvalue weighted by Gasteiger charge is 2.27. The molecule has 0 unspecified atom stereocenters. The summed E-state index contributed by atoms with van der Waals surface area (Å²) in [6.07, 6.45) is 3.97. The van der Waals surface area contributed by atoms with Gasteiger partial charge in [0.2, 0.25) is 0 Å². The van der Waals surface area contributed by atoms with E-state index in [0.29, 0.717) is 0 Å². The Labute approximate surface area is 97.9 Å². The fraction of sp³-hybridized carbons (Fsp3) is 0.571. The summed E-state index contributed by atoms with van der Waals surface area (Å²) in [4.78, 5) is 2.58. The Kier molecular flexibility index (Phi) is 3.97. The van der Waals surface area contributed by atoms with Crippen molar-refractivity contribution in [1.29, 1.82) is 0 Å². The van der Waals surface area contributed by atoms with E-state index < -0.39 is 0 Å². The zero-order valence-electron chi connectivity index (χ0n) is 10.0. The van der Waals surface area contributed by atoms with Gasteiger partial charge in [-0.1, -0.05) is 31.2 Å². The predicted octanol–water partition coefficient (Wildman–Crippen LogP) is 2.55. The predicted molar refractivity (Wildman–Crippen MR) is 66.1 cm³/mol. The third kappa shape index (κ3) is 3.06. The Morgan fingerprint density at radius 1 is 1.19 bits per heavy atom. The molecule has 0 atom stereocenters. The maximum absolute atomic E-state index is 8.98. The van der Waals surface area contributed by atoms with Gasteiger partial charge in [0.15, 0.2) is 0 Å². The lowest BCUT2D eigenvalue weighted by Gasteiger charge is -2.21. The molecule has 2 heteroatoms. The highest BCUT2D eigenvalue weighted by Crippen LogP contribution is 2.28. The second kappa shape index (κ2) is 5.46. The first-order chi connectivity index (χ1) is 7.83. The lowest BCUT2D eigenvalue weighted by atomic mass is 10.1. The van der Waals surface area contributed by atoms with Crippen LogP contribution in [0.3, 0.4) is 0 Å². The average Bonchev–Trinajstić information content (AvgIpc) is 3.13. The third-order valence-electron chi connectivity index (χ3n) is 3.17. The summed E-state index contributed by atoms with van der Waals surface area (Å²) in [5.41, 5.74) is 2.36. The van der Waals surface area contributed by atoms with Gasteiger partial charge in [-0.05, 0) is 36.9 Å². The molecule has 0 radical (unpaired) electrons. The minimum Gasteiger partial charge on any atom is -0.392 e. The van der Waals surface area contributed by atoms with E-state index in [1.807, 2.05) is 12.1 Å². The highest BCUT2D eigenvalue weighted by molar-refractivity contribution is 5.22. The van der Waals surface area contributed by atoms with Gasteiger partial charge in [0.05, 0.1) is 6.61 Å². The zero-order chi connectivity index (χ0) is 11.4. The fourth-order valence-corrected chi connectivity index (χ4v) is 2.10. The molecule has 1 aliphatic carbocycles. The molecule has 0 amide bonds. The number of rotatable bonds is 6. The van der Waals surface area contributed by atoms with E-state index in [9.17, 15) is 0 Å². The van der Waals surface area contributed by atoms with Crippen molar-refractivity contribution in [1.82, 2.24) is 4.90 Å². The molecule has 0 bridgehead atoms. The molecule has 1 fully saturated rings. The maximum atomic E-state index is 8.98. The van der Waals surface area contributed by atoms with E-state index >= 15 is 0 Å². The average molecular weight is 219 g/mol. The first-order valence-electron chi connectivity index (χ1n) is 6.26. The van der Waals surface area contributed by atoms with Crippen molar-refractivity contribution in [3.05, 3.63) is 35.4 Å². The number of hydrogen-bond acceptors (Lipinski definition) is 2. The minimum absolute atomic E-state index is 0.140. The first kappa shape index (κ1) is 11.6. The summed E-state index contributed by atoms with van der Waals surface area (Å²) in [6.45, 7) is 4.64. The van der Waals surface area contributed by atoms with Gasteiger partial charge in [0.1, 0.15) is 0 Å². The number of aliphatic hydroxyl groups excluding tert-OH is 1. The van der Waals surface area contributed by atoms with Gasteiger partial charge in [-0.15, -0.1) is 0 Å². The standard InChI is InChI=1S/C14H21NO/c1-2-9-15(14-7-8-14)10-12-3-5-13(11-16)6-4-12/h3-6,14,16H,2,7-11H2,1H3. The van der Waals surface area contributed by atoms with Crippen molar-refractivity contribution < 1.29 is 5.11 Å². The van der Waals surface area contributed by atoms with Crippen molar-refractivity contribution in [2.75, 3.05) is 6.54 Å². The van der Waals surface area contributed by atoms with Crippen LogP contribution in [0.2, 0.25) is 0 Å². The van der Waals surface area contributed by atoms with E-state index in [1.165, 1.54) is 31.4 Å². The van der Waals surface area contributed by atoms with Gasteiger partial charge in [-0.2, -0.15) is 0 Å². The first-order valence-corrected chi connectivity index (χ1v) is 6.26. The third-order valence-corrected chi connectivity index (χ3v) is 3.17. The van der Waals surface area contributed by atoms with Crippen LogP contribution in [0.5, 0.6) is 0 Å². The summed E-state index contributed by atoms with van der Waals surface area (Å²) in [5, 5.41) is 8.98. The molecular weight excluding hydrogens is 198 g/mol. The monoisotopic (exact) mass is 219 g/mol. The highest BCUT2D eigenvalue weighted by atomic mass is 16.3. The van der Waals surface area contributed by atoms with Crippen molar-refractivity contribution in [2.45, 2.75) is 45.4 Å². The topological polar surface area (TPSA) is 23.5 Å². The molecule has 1 aromatic carbocycles. The molecule has 1 aliphatic rings. The van der Waals surface area contributed by atoms with Crippen LogP contribution in [-0.4, -0.2) is 22.6 Å². The van der Waals surface area contributed by atoms with Gasteiger partial charge in [-0.3, -0.25) is 4.90 Å². The van der Waals surface area contributed by atoms with Crippen LogP contribution in [0, 0.1) is 0 Å². The number of nitrogens with zero attached hydrogens (tertiary/aromatic N) is 1. The molecule has 0 saturated heterocycles. The van der Waals surface area contributed by atoms with Crippen LogP contribution in [0.1, 0.15) is 37.3 Å². The van der Waals surface area contributed by atoms with E-state index in [0.717, 1.165) is 18.2 Å².